The van der Waals surface area contributed by atoms with E-state index in [-0.39, 0.29) is 24.8 Å². The predicted octanol–water partition coefficient (Wildman–Crippen LogP) is 1.71. The fourth-order valence-electron chi connectivity index (χ4n) is 1.17. The highest BCUT2D eigenvalue weighted by atomic mass is 16.5. The standard InChI is InChI=1S/C12H16N4O2/c1-2-18-11(17)8-9-14-16-15-12(13)10-6-4-3-5-7-10/h3-7H,2,8-9H2,1H3,(H2,13,14,15). The number of nitrogens with zero attached hydrogens (tertiary/aromatic N) is 3. The number of carbonyl (C=O) groups excluding carboxylic acids is 1. The van der Waals surface area contributed by atoms with E-state index in [1.807, 2.05) is 30.3 Å². The summed E-state index contributed by atoms with van der Waals surface area (Å²) in [6.07, 6.45) is 0.193. The molecular weight excluding hydrogens is 232 g/mol. The summed E-state index contributed by atoms with van der Waals surface area (Å²) >= 11 is 0. The molecular formula is C12H16N4O2. The van der Waals surface area contributed by atoms with Crippen LogP contribution in [0.4, 0.5) is 0 Å². The third-order valence-electron chi connectivity index (χ3n) is 2.01. The second kappa shape index (κ2) is 7.94. The summed E-state index contributed by atoms with van der Waals surface area (Å²) in [5.74, 6) is -0.00746. The van der Waals surface area contributed by atoms with Crippen molar-refractivity contribution in [2.45, 2.75) is 13.3 Å². The van der Waals surface area contributed by atoms with Crippen molar-refractivity contribution < 1.29 is 9.53 Å². The van der Waals surface area contributed by atoms with Crippen molar-refractivity contribution in [3.63, 3.8) is 0 Å². The summed E-state index contributed by atoms with van der Waals surface area (Å²) in [7, 11) is 0. The van der Waals surface area contributed by atoms with Crippen molar-refractivity contribution in [3.05, 3.63) is 35.9 Å². The molecule has 18 heavy (non-hydrogen) atoms. The summed E-state index contributed by atoms with van der Waals surface area (Å²) in [5, 5.41) is 11.0. The zero-order valence-corrected chi connectivity index (χ0v) is 10.2. The first-order chi connectivity index (χ1) is 8.74. The van der Waals surface area contributed by atoms with E-state index in [2.05, 4.69) is 15.4 Å². The Hall–Kier alpha value is -2.24. The molecule has 0 saturated heterocycles. The van der Waals surface area contributed by atoms with E-state index >= 15 is 0 Å². The Morgan fingerprint density at radius 3 is 2.72 bits per heavy atom. The number of carbonyl (C=O) groups is 1. The van der Waals surface area contributed by atoms with Gasteiger partial charge in [0, 0.05) is 5.56 Å². The molecule has 6 nitrogen and oxygen atoms in total. The van der Waals surface area contributed by atoms with E-state index in [9.17, 15) is 4.79 Å². The van der Waals surface area contributed by atoms with Crippen LogP contribution in [0.1, 0.15) is 18.9 Å². The van der Waals surface area contributed by atoms with Crippen LogP contribution in [-0.4, -0.2) is 25.0 Å². The number of amidine groups is 1. The molecule has 1 rings (SSSR count). The zero-order valence-electron chi connectivity index (χ0n) is 10.2. The van der Waals surface area contributed by atoms with E-state index in [4.69, 9.17) is 10.5 Å². The number of hydrogen-bond donors (Lipinski definition) is 1. The molecule has 0 aliphatic heterocycles. The summed E-state index contributed by atoms with van der Waals surface area (Å²) in [6, 6.07) is 9.25. The van der Waals surface area contributed by atoms with Gasteiger partial charge in [-0.05, 0) is 12.1 Å². The molecule has 0 bridgehead atoms. The van der Waals surface area contributed by atoms with E-state index in [1.54, 1.807) is 6.92 Å². The van der Waals surface area contributed by atoms with Gasteiger partial charge in [-0.25, -0.2) is 0 Å². The second-order valence-corrected chi connectivity index (χ2v) is 3.36. The van der Waals surface area contributed by atoms with Gasteiger partial charge in [0.25, 0.3) is 0 Å². The van der Waals surface area contributed by atoms with Crippen molar-refractivity contribution in [2.24, 2.45) is 21.2 Å². The van der Waals surface area contributed by atoms with Crippen molar-refractivity contribution >= 4 is 11.8 Å². The molecule has 96 valence electrons. The smallest absolute Gasteiger partial charge is 0.307 e. The maximum absolute atomic E-state index is 11.0. The number of ether oxygens (including phenoxy) is 1. The van der Waals surface area contributed by atoms with E-state index in [0.717, 1.165) is 5.56 Å². The summed E-state index contributed by atoms with van der Waals surface area (Å²) in [4.78, 5) is 11.0. The van der Waals surface area contributed by atoms with E-state index in [1.165, 1.54) is 0 Å². The average Bonchev–Trinajstić information content (AvgIpc) is 2.39. The Kier molecular flexibility index (Phi) is 6.10. The molecule has 1 aromatic carbocycles. The van der Waals surface area contributed by atoms with Crippen LogP contribution in [0.15, 0.2) is 45.8 Å². The minimum absolute atomic E-state index is 0.193. The minimum Gasteiger partial charge on any atom is -0.466 e. The van der Waals surface area contributed by atoms with Crippen LogP contribution in [0.25, 0.3) is 0 Å². The lowest BCUT2D eigenvalue weighted by Crippen LogP contribution is -2.12. The number of benzene rings is 1. The van der Waals surface area contributed by atoms with E-state index in [0.29, 0.717) is 6.61 Å². The summed E-state index contributed by atoms with van der Waals surface area (Å²) in [6.45, 7) is 2.36. The van der Waals surface area contributed by atoms with Gasteiger partial charge in [0.2, 0.25) is 0 Å². The van der Waals surface area contributed by atoms with Gasteiger partial charge in [-0.15, -0.1) is 5.10 Å². The summed E-state index contributed by atoms with van der Waals surface area (Å²) < 4.78 is 4.74. The fourth-order valence-corrected chi connectivity index (χ4v) is 1.17. The molecule has 0 aliphatic carbocycles. The van der Waals surface area contributed by atoms with Gasteiger partial charge in [0.1, 0.15) is 0 Å². The highest BCUT2D eigenvalue weighted by molar-refractivity contribution is 5.97. The number of nitrogens with two attached hydrogens (primary N) is 1. The zero-order chi connectivity index (χ0) is 13.2. The number of rotatable bonds is 6. The fraction of sp³-hybridized carbons (Fsp3) is 0.333. The lowest BCUT2D eigenvalue weighted by Gasteiger charge is -1.97. The molecule has 0 fully saturated rings. The third kappa shape index (κ3) is 5.20. The molecule has 0 spiro atoms. The van der Waals surface area contributed by atoms with Crippen molar-refractivity contribution in [2.75, 3.05) is 13.2 Å². The lowest BCUT2D eigenvalue weighted by atomic mass is 10.2. The van der Waals surface area contributed by atoms with Gasteiger partial charge in [0.05, 0.1) is 19.6 Å². The molecule has 0 amide bonds. The Bertz CT molecular complexity index is 429. The minimum atomic E-state index is -0.295. The van der Waals surface area contributed by atoms with Gasteiger partial charge in [0.15, 0.2) is 5.84 Å². The van der Waals surface area contributed by atoms with Crippen molar-refractivity contribution in [3.8, 4) is 0 Å². The van der Waals surface area contributed by atoms with Crippen LogP contribution in [0.3, 0.4) is 0 Å². The second-order valence-electron chi connectivity index (χ2n) is 3.36. The van der Waals surface area contributed by atoms with Crippen molar-refractivity contribution in [1.29, 1.82) is 0 Å². The first-order valence-electron chi connectivity index (χ1n) is 5.65. The first kappa shape index (κ1) is 13.8. The topological polar surface area (TPSA) is 89.4 Å². The van der Waals surface area contributed by atoms with Crippen LogP contribution in [-0.2, 0) is 9.53 Å². The quantitative estimate of drug-likeness (QED) is 0.273. The SMILES string of the molecule is CCOC(=O)CCN=N/N=C(\N)c1ccccc1. The lowest BCUT2D eigenvalue weighted by molar-refractivity contribution is -0.142. The Labute approximate surface area is 106 Å². The van der Waals surface area contributed by atoms with Gasteiger partial charge in [-0.3, -0.25) is 4.79 Å². The molecule has 0 aliphatic rings. The predicted molar refractivity (Wildman–Crippen MR) is 68.1 cm³/mol. The monoisotopic (exact) mass is 248 g/mol. The molecule has 6 heteroatoms. The molecule has 0 saturated carbocycles. The third-order valence-corrected chi connectivity index (χ3v) is 2.01. The summed E-state index contributed by atoms with van der Waals surface area (Å²) in [5.41, 5.74) is 6.47. The normalized spacial score (nSPS) is 11.7. The Balaban J connectivity index is 2.37. The number of esters is 1. The largest absolute Gasteiger partial charge is 0.466 e. The molecule has 0 radical (unpaired) electrons. The molecule has 2 N–H and O–H groups in total. The maximum Gasteiger partial charge on any atom is 0.307 e. The highest BCUT2D eigenvalue weighted by Crippen LogP contribution is 1.98. The Morgan fingerprint density at radius 2 is 2.06 bits per heavy atom. The molecule has 0 heterocycles. The van der Waals surface area contributed by atoms with Gasteiger partial charge in [-0.1, -0.05) is 30.3 Å². The van der Waals surface area contributed by atoms with Crippen LogP contribution >= 0.6 is 0 Å². The highest BCUT2D eigenvalue weighted by Gasteiger charge is 1.99. The van der Waals surface area contributed by atoms with Crippen LogP contribution < -0.4 is 5.73 Å². The Morgan fingerprint density at radius 1 is 1.33 bits per heavy atom. The maximum atomic E-state index is 11.0. The molecule has 0 aromatic heterocycles. The molecule has 0 atom stereocenters. The van der Waals surface area contributed by atoms with Gasteiger partial charge in [-0.2, -0.15) is 5.11 Å². The van der Waals surface area contributed by atoms with Crippen LogP contribution in [0.5, 0.6) is 0 Å². The number of hydrogen-bond acceptors (Lipinski definition) is 4. The molecule has 1 aromatic rings. The van der Waals surface area contributed by atoms with Gasteiger partial charge < -0.3 is 10.5 Å². The molecule has 0 unspecified atom stereocenters. The first-order valence-corrected chi connectivity index (χ1v) is 5.65. The van der Waals surface area contributed by atoms with Crippen LogP contribution in [0, 0.1) is 0 Å². The van der Waals surface area contributed by atoms with Crippen molar-refractivity contribution in [1.82, 2.24) is 0 Å². The van der Waals surface area contributed by atoms with Crippen LogP contribution in [0.2, 0.25) is 0 Å². The average molecular weight is 248 g/mol. The van der Waals surface area contributed by atoms with Gasteiger partial charge >= 0.3 is 5.97 Å². The van der Waals surface area contributed by atoms with E-state index < -0.39 is 0 Å².